The Balaban J connectivity index is 1.69. The number of aliphatic imine (C=N–C) groups is 1. The van der Waals surface area contributed by atoms with Crippen LogP contribution in [-0.2, 0) is 6.54 Å². The Morgan fingerprint density at radius 1 is 1.04 bits per heavy atom. The summed E-state index contributed by atoms with van der Waals surface area (Å²) in [6.45, 7) is 0.447. The largest absolute Gasteiger partial charge is 0.295 e. The molecule has 0 atom stereocenters. The van der Waals surface area contributed by atoms with E-state index in [4.69, 9.17) is 34.0 Å². The van der Waals surface area contributed by atoms with Gasteiger partial charge >= 0.3 is 0 Å². The molecule has 7 heteroatoms. The molecule has 0 amide bonds. The van der Waals surface area contributed by atoms with E-state index in [1.165, 1.54) is 6.42 Å². The second-order valence-corrected chi connectivity index (χ2v) is 7.93. The first-order valence-corrected chi connectivity index (χ1v) is 9.90. The summed E-state index contributed by atoms with van der Waals surface area (Å²) in [6.07, 6.45) is 5.23. The van der Waals surface area contributed by atoms with Crippen LogP contribution in [0.1, 0.15) is 37.7 Å². The molecule has 2 aliphatic rings. The van der Waals surface area contributed by atoms with Crippen molar-refractivity contribution in [2.45, 2.75) is 44.2 Å². The number of hydrogen-bond donors (Lipinski definition) is 1. The fourth-order valence-corrected chi connectivity index (χ4v) is 4.26. The van der Waals surface area contributed by atoms with Crippen LogP contribution in [0.15, 0.2) is 57.7 Å². The zero-order chi connectivity index (χ0) is 18.9. The standard InChI is InChI=1S/C20H21Cl2N5/c21-15-6-4-5-14(11-15)13-24-26-19-20(9-2-1-3-10-20)27(23)18-8-7-16(22)12-17(18)25-19/h4-8,11-12H,1-3,9-10,13,23H2. The van der Waals surface area contributed by atoms with Gasteiger partial charge in [-0.05, 0) is 48.7 Å². The number of fused-ring (bicyclic) bond motifs is 1. The number of anilines is 1. The van der Waals surface area contributed by atoms with Gasteiger partial charge in [0.1, 0.15) is 5.54 Å². The molecule has 1 saturated carbocycles. The van der Waals surface area contributed by atoms with Gasteiger partial charge in [-0.2, -0.15) is 5.11 Å². The molecule has 0 saturated heterocycles. The minimum Gasteiger partial charge on any atom is -0.295 e. The normalized spacial score (nSPS) is 18.6. The van der Waals surface area contributed by atoms with E-state index in [0.29, 0.717) is 22.4 Å². The molecule has 0 bridgehead atoms. The molecule has 0 aromatic heterocycles. The Hall–Kier alpha value is -1.95. The second kappa shape index (κ2) is 7.58. The summed E-state index contributed by atoms with van der Waals surface area (Å²) in [6, 6.07) is 13.2. The molecule has 0 unspecified atom stereocenters. The fraction of sp³-hybridized carbons (Fsp3) is 0.350. The van der Waals surface area contributed by atoms with Crippen molar-refractivity contribution in [3.8, 4) is 0 Å². The molecule has 1 aliphatic heterocycles. The number of hydrazine groups is 1. The lowest BCUT2D eigenvalue weighted by Gasteiger charge is -2.46. The van der Waals surface area contributed by atoms with Crippen LogP contribution in [0.3, 0.4) is 0 Å². The topological polar surface area (TPSA) is 66.3 Å². The summed E-state index contributed by atoms with van der Waals surface area (Å²) in [5.74, 6) is 7.26. The van der Waals surface area contributed by atoms with E-state index in [2.05, 4.69) is 10.2 Å². The molecule has 2 aromatic rings. The molecule has 0 radical (unpaired) electrons. The van der Waals surface area contributed by atoms with Gasteiger partial charge in [0.2, 0.25) is 0 Å². The Kier molecular flexibility index (Phi) is 5.17. The number of amidine groups is 1. The smallest absolute Gasteiger partial charge is 0.178 e. The number of azo groups is 1. The molecule has 1 aliphatic carbocycles. The van der Waals surface area contributed by atoms with Gasteiger partial charge in [-0.1, -0.05) is 54.6 Å². The van der Waals surface area contributed by atoms with Crippen molar-refractivity contribution in [1.82, 2.24) is 0 Å². The van der Waals surface area contributed by atoms with Gasteiger partial charge in [-0.25, -0.2) is 10.8 Å². The van der Waals surface area contributed by atoms with E-state index < -0.39 is 5.54 Å². The van der Waals surface area contributed by atoms with Crippen molar-refractivity contribution in [3.05, 3.63) is 58.1 Å². The van der Waals surface area contributed by atoms with Gasteiger partial charge in [0.15, 0.2) is 5.84 Å². The Morgan fingerprint density at radius 2 is 1.81 bits per heavy atom. The monoisotopic (exact) mass is 401 g/mol. The average Bonchev–Trinajstić information content (AvgIpc) is 2.67. The van der Waals surface area contributed by atoms with Gasteiger partial charge < -0.3 is 0 Å². The minimum atomic E-state index is -0.406. The molecule has 140 valence electrons. The lowest BCUT2D eigenvalue weighted by molar-refractivity contribution is 0.352. The van der Waals surface area contributed by atoms with Crippen LogP contribution in [0.4, 0.5) is 11.4 Å². The molecular weight excluding hydrogens is 381 g/mol. The van der Waals surface area contributed by atoms with E-state index >= 15 is 0 Å². The average molecular weight is 402 g/mol. The first-order valence-electron chi connectivity index (χ1n) is 9.14. The SMILES string of the molecule is NN1c2ccc(Cl)cc2N=C(N=NCc2cccc(Cl)c2)C12CCCCC2. The van der Waals surface area contributed by atoms with E-state index in [-0.39, 0.29) is 0 Å². The number of nitrogens with zero attached hydrogens (tertiary/aromatic N) is 4. The van der Waals surface area contributed by atoms with E-state index in [1.807, 2.05) is 47.5 Å². The highest BCUT2D eigenvalue weighted by molar-refractivity contribution is 6.31. The summed E-state index contributed by atoms with van der Waals surface area (Å²) in [5.41, 5.74) is 2.22. The highest BCUT2D eigenvalue weighted by Gasteiger charge is 2.45. The Bertz CT molecular complexity index is 903. The summed E-state index contributed by atoms with van der Waals surface area (Å²) < 4.78 is 0. The maximum atomic E-state index is 6.59. The quantitative estimate of drug-likeness (QED) is 0.489. The van der Waals surface area contributed by atoms with Crippen molar-refractivity contribution in [3.63, 3.8) is 0 Å². The third-order valence-electron chi connectivity index (χ3n) is 5.29. The van der Waals surface area contributed by atoms with Gasteiger partial charge in [0, 0.05) is 10.0 Å². The van der Waals surface area contributed by atoms with Crippen molar-refractivity contribution in [2.75, 3.05) is 5.01 Å². The van der Waals surface area contributed by atoms with Gasteiger partial charge in [0.25, 0.3) is 0 Å². The van der Waals surface area contributed by atoms with Crippen molar-refractivity contribution in [2.24, 2.45) is 21.1 Å². The first-order chi connectivity index (χ1) is 13.1. The summed E-state index contributed by atoms with van der Waals surface area (Å²) in [5, 5.41) is 12.1. The minimum absolute atomic E-state index is 0.406. The molecular formula is C20H21Cl2N5. The summed E-state index contributed by atoms with van der Waals surface area (Å²) in [7, 11) is 0. The highest BCUT2D eigenvalue weighted by Crippen LogP contribution is 2.45. The van der Waals surface area contributed by atoms with Crippen LogP contribution >= 0.6 is 23.2 Å². The molecule has 1 heterocycles. The predicted octanol–water partition coefficient (Wildman–Crippen LogP) is 6.07. The number of benzene rings is 2. The number of hydrogen-bond acceptors (Lipinski definition) is 5. The zero-order valence-corrected chi connectivity index (χ0v) is 16.4. The van der Waals surface area contributed by atoms with E-state index in [1.54, 1.807) is 0 Å². The maximum Gasteiger partial charge on any atom is 0.178 e. The Labute approximate surface area is 168 Å². The molecule has 2 aromatic carbocycles. The van der Waals surface area contributed by atoms with Crippen LogP contribution < -0.4 is 10.9 Å². The van der Waals surface area contributed by atoms with E-state index in [0.717, 1.165) is 42.6 Å². The van der Waals surface area contributed by atoms with Crippen LogP contribution in [-0.4, -0.2) is 11.4 Å². The van der Waals surface area contributed by atoms with Crippen molar-refractivity contribution >= 4 is 40.4 Å². The number of nitrogens with two attached hydrogens (primary N) is 1. The second-order valence-electron chi connectivity index (χ2n) is 7.06. The van der Waals surface area contributed by atoms with Crippen molar-refractivity contribution in [1.29, 1.82) is 0 Å². The Morgan fingerprint density at radius 3 is 2.59 bits per heavy atom. The lowest BCUT2D eigenvalue weighted by atomic mass is 9.79. The molecule has 1 fully saturated rings. The number of halogens is 2. The van der Waals surface area contributed by atoms with Crippen LogP contribution in [0.25, 0.3) is 0 Å². The summed E-state index contributed by atoms with van der Waals surface area (Å²) in [4.78, 5) is 4.81. The van der Waals surface area contributed by atoms with Crippen molar-refractivity contribution < 1.29 is 0 Å². The van der Waals surface area contributed by atoms with E-state index in [9.17, 15) is 0 Å². The maximum absolute atomic E-state index is 6.59. The van der Waals surface area contributed by atoms with Crippen LogP contribution in [0.2, 0.25) is 10.0 Å². The molecule has 5 nitrogen and oxygen atoms in total. The summed E-state index contributed by atoms with van der Waals surface area (Å²) >= 11 is 12.2. The third kappa shape index (κ3) is 3.59. The fourth-order valence-electron chi connectivity index (χ4n) is 3.88. The zero-order valence-electron chi connectivity index (χ0n) is 14.9. The lowest BCUT2D eigenvalue weighted by Crippen LogP contribution is -2.60. The highest BCUT2D eigenvalue weighted by atomic mass is 35.5. The number of rotatable bonds is 2. The van der Waals surface area contributed by atoms with Gasteiger partial charge in [-0.15, -0.1) is 5.11 Å². The molecule has 2 N–H and O–H groups in total. The van der Waals surface area contributed by atoms with Gasteiger partial charge in [0.05, 0.1) is 17.9 Å². The van der Waals surface area contributed by atoms with Crippen LogP contribution in [0.5, 0.6) is 0 Å². The third-order valence-corrected chi connectivity index (χ3v) is 5.76. The predicted molar refractivity (Wildman–Crippen MR) is 111 cm³/mol. The first kappa shape index (κ1) is 18.4. The molecule has 27 heavy (non-hydrogen) atoms. The van der Waals surface area contributed by atoms with Crippen LogP contribution in [0, 0.1) is 0 Å². The molecule has 4 rings (SSSR count). The van der Waals surface area contributed by atoms with Gasteiger partial charge in [-0.3, -0.25) is 5.01 Å². The molecule has 1 spiro atoms.